The van der Waals surface area contributed by atoms with Crippen LogP contribution >= 0.6 is 0 Å². The summed E-state index contributed by atoms with van der Waals surface area (Å²) in [6.07, 6.45) is 3.00. The summed E-state index contributed by atoms with van der Waals surface area (Å²) in [4.78, 5) is 20.1. The van der Waals surface area contributed by atoms with E-state index in [9.17, 15) is 26.0 Å². The lowest BCUT2D eigenvalue weighted by Gasteiger charge is -2.11. The minimum atomic E-state index is -3.89. The zero-order valence-corrected chi connectivity index (χ0v) is 20.4. The van der Waals surface area contributed by atoms with Gasteiger partial charge in [0.25, 0.3) is 0 Å². The number of sulfonamides is 2. The van der Waals surface area contributed by atoms with Crippen LogP contribution in [0.25, 0.3) is 22.2 Å². The summed E-state index contributed by atoms with van der Waals surface area (Å²) >= 11 is 0. The number of H-pyrrole nitrogens is 1. The first-order chi connectivity index (χ1) is 16.9. The standard InChI is InChI=1S/C23H20F2N4O5S2/c1-2-9-35(31,32)29-19-8-7-18(24)20(21(19)25)22(30)17-12-28-23-16(17)10-14(11-27-23)13-3-5-15(6-4-13)36(26,33)34/h3-8,10-12,29H,2,9H2,1H3,(H,27,28)(H2,26,33,34). The van der Waals surface area contributed by atoms with Crippen LogP contribution < -0.4 is 9.86 Å². The van der Waals surface area contributed by atoms with Gasteiger partial charge in [-0.05, 0) is 42.3 Å². The van der Waals surface area contributed by atoms with Crippen LogP contribution in [0.1, 0.15) is 29.3 Å². The van der Waals surface area contributed by atoms with Crippen molar-refractivity contribution < 1.29 is 30.4 Å². The molecule has 0 saturated carbocycles. The first-order valence-electron chi connectivity index (χ1n) is 10.5. The summed E-state index contributed by atoms with van der Waals surface area (Å²) in [5.74, 6) is -3.79. The number of anilines is 1. The maximum Gasteiger partial charge on any atom is 0.238 e. The number of halogens is 2. The van der Waals surface area contributed by atoms with Crippen molar-refractivity contribution in [3.63, 3.8) is 0 Å². The number of nitrogens with one attached hydrogen (secondary N) is 2. The number of aromatic nitrogens is 2. The van der Waals surface area contributed by atoms with E-state index in [0.29, 0.717) is 11.1 Å². The first-order valence-corrected chi connectivity index (χ1v) is 13.7. The Morgan fingerprint density at radius 1 is 1.06 bits per heavy atom. The van der Waals surface area contributed by atoms with E-state index < -0.39 is 48.7 Å². The normalized spacial score (nSPS) is 12.1. The zero-order chi connectivity index (χ0) is 26.3. The largest absolute Gasteiger partial charge is 0.345 e. The van der Waals surface area contributed by atoms with E-state index in [1.54, 1.807) is 13.0 Å². The number of carbonyl (C=O) groups excluding carboxylic acids is 1. The molecule has 0 unspecified atom stereocenters. The Morgan fingerprint density at radius 2 is 1.75 bits per heavy atom. The third-order valence-corrected chi connectivity index (χ3v) is 7.75. The fourth-order valence-corrected chi connectivity index (χ4v) is 5.30. The molecule has 2 aromatic carbocycles. The van der Waals surface area contributed by atoms with Crippen LogP contribution in [0.15, 0.2) is 59.8 Å². The average Bonchev–Trinajstić information content (AvgIpc) is 3.24. The lowest BCUT2D eigenvalue weighted by atomic mass is 10.00. The molecule has 0 aliphatic carbocycles. The number of fused-ring (bicyclic) bond motifs is 1. The first kappa shape index (κ1) is 25.4. The van der Waals surface area contributed by atoms with Crippen molar-refractivity contribution >= 4 is 42.6 Å². The Hall–Kier alpha value is -3.68. The van der Waals surface area contributed by atoms with Gasteiger partial charge >= 0.3 is 0 Å². The Balaban J connectivity index is 1.76. The molecular weight excluding hydrogens is 514 g/mol. The van der Waals surface area contributed by atoms with Gasteiger partial charge in [-0.1, -0.05) is 19.1 Å². The van der Waals surface area contributed by atoms with Crippen molar-refractivity contribution in [2.75, 3.05) is 10.5 Å². The number of hydrogen-bond donors (Lipinski definition) is 3. The minimum absolute atomic E-state index is 0.0850. The maximum absolute atomic E-state index is 15.2. The molecule has 0 atom stereocenters. The van der Waals surface area contributed by atoms with E-state index in [0.717, 1.165) is 12.1 Å². The molecule has 36 heavy (non-hydrogen) atoms. The van der Waals surface area contributed by atoms with Crippen molar-refractivity contribution in [2.45, 2.75) is 18.2 Å². The predicted molar refractivity (Wildman–Crippen MR) is 130 cm³/mol. The highest BCUT2D eigenvalue weighted by Crippen LogP contribution is 2.30. The fourth-order valence-electron chi connectivity index (χ4n) is 3.65. The summed E-state index contributed by atoms with van der Waals surface area (Å²) in [6, 6.07) is 8.91. The summed E-state index contributed by atoms with van der Waals surface area (Å²) in [6.45, 7) is 1.63. The van der Waals surface area contributed by atoms with Crippen molar-refractivity contribution in [1.29, 1.82) is 0 Å². The van der Waals surface area contributed by atoms with E-state index in [1.807, 2.05) is 4.72 Å². The molecule has 0 radical (unpaired) electrons. The van der Waals surface area contributed by atoms with Crippen LogP contribution in [-0.2, 0) is 20.0 Å². The number of carbonyl (C=O) groups is 1. The SMILES string of the molecule is CCCS(=O)(=O)Nc1ccc(F)c(C(=O)c2c[nH]c3ncc(-c4ccc(S(N)(=O)=O)cc4)cc23)c1F. The summed E-state index contributed by atoms with van der Waals surface area (Å²) in [5, 5.41) is 5.37. The number of benzene rings is 2. The van der Waals surface area contributed by atoms with Gasteiger partial charge in [-0.3, -0.25) is 9.52 Å². The van der Waals surface area contributed by atoms with Crippen LogP contribution in [-0.4, -0.2) is 38.3 Å². The molecule has 4 rings (SSSR count). The van der Waals surface area contributed by atoms with Crippen molar-refractivity contribution in [3.8, 4) is 11.1 Å². The van der Waals surface area contributed by atoms with Gasteiger partial charge in [-0.2, -0.15) is 0 Å². The van der Waals surface area contributed by atoms with Crippen LogP contribution in [0, 0.1) is 11.6 Å². The Kier molecular flexibility index (Phi) is 6.64. The van der Waals surface area contributed by atoms with Gasteiger partial charge in [0.05, 0.1) is 21.9 Å². The molecule has 4 aromatic rings. The highest BCUT2D eigenvalue weighted by molar-refractivity contribution is 7.92. The second-order valence-electron chi connectivity index (χ2n) is 7.93. The second kappa shape index (κ2) is 9.41. The van der Waals surface area contributed by atoms with Crippen molar-refractivity contribution in [1.82, 2.24) is 9.97 Å². The van der Waals surface area contributed by atoms with Crippen LogP contribution in [0.5, 0.6) is 0 Å². The molecule has 0 aliphatic heterocycles. The van der Waals surface area contributed by atoms with Gasteiger partial charge in [0.2, 0.25) is 25.8 Å². The zero-order valence-electron chi connectivity index (χ0n) is 18.7. The summed E-state index contributed by atoms with van der Waals surface area (Å²) in [7, 11) is -7.77. The molecule has 2 heterocycles. The Morgan fingerprint density at radius 3 is 2.39 bits per heavy atom. The van der Waals surface area contributed by atoms with Crippen LogP contribution in [0.2, 0.25) is 0 Å². The van der Waals surface area contributed by atoms with Gasteiger partial charge in [0.1, 0.15) is 11.5 Å². The third kappa shape index (κ3) is 4.98. The number of nitrogens with two attached hydrogens (primary N) is 1. The molecule has 4 N–H and O–H groups in total. The molecule has 0 amide bonds. The minimum Gasteiger partial charge on any atom is -0.345 e. The molecule has 0 spiro atoms. The highest BCUT2D eigenvalue weighted by atomic mass is 32.2. The second-order valence-corrected chi connectivity index (χ2v) is 11.3. The number of primary sulfonamides is 1. The van der Waals surface area contributed by atoms with Crippen LogP contribution in [0.3, 0.4) is 0 Å². The van der Waals surface area contributed by atoms with E-state index in [-0.39, 0.29) is 33.7 Å². The van der Waals surface area contributed by atoms with E-state index in [4.69, 9.17) is 5.14 Å². The number of ketones is 1. The van der Waals surface area contributed by atoms with Gasteiger partial charge in [-0.25, -0.2) is 35.7 Å². The molecule has 13 heteroatoms. The third-order valence-electron chi connectivity index (χ3n) is 5.35. The molecule has 0 bridgehead atoms. The lowest BCUT2D eigenvalue weighted by molar-refractivity contribution is 0.103. The van der Waals surface area contributed by atoms with E-state index >= 15 is 4.39 Å². The summed E-state index contributed by atoms with van der Waals surface area (Å²) in [5.41, 5.74) is -0.228. The molecular formula is C23H20F2N4O5S2. The van der Waals surface area contributed by atoms with Gasteiger partial charge < -0.3 is 4.98 Å². The summed E-state index contributed by atoms with van der Waals surface area (Å²) < 4.78 is 78.9. The topological polar surface area (TPSA) is 152 Å². The number of aromatic amines is 1. The maximum atomic E-state index is 15.2. The van der Waals surface area contributed by atoms with E-state index in [2.05, 4.69) is 9.97 Å². The Bertz CT molecular complexity index is 1700. The number of nitrogens with zero attached hydrogens (tertiary/aromatic N) is 1. The predicted octanol–water partition coefficient (Wildman–Crippen LogP) is 3.54. The number of rotatable bonds is 8. The fraction of sp³-hybridized carbons (Fsp3) is 0.130. The molecule has 9 nitrogen and oxygen atoms in total. The lowest BCUT2D eigenvalue weighted by Crippen LogP contribution is -2.18. The highest BCUT2D eigenvalue weighted by Gasteiger charge is 2.26. The molecule has 2 aromatic heterocycles. The smallest absolute Gasteiger partial charge is 0.238 e. The van der Waals surface area contributed by atoms with Crippen molar-refractivity contribution in [2.24, 2.45) is 5.14 Å². The van der Waals surface area contributed by atoms with E-state index in [1.165, 1.54) is 36.7 Å². The number of hydrogen-bond acceptors (Lipinski definition) is 6. The Labute approximate surface area is 205 Å². The number of pyridine rings is 1. The molecule has 0 saturated heterocycles. The molecule has 0 aliphatic rings. The van der Waals surface area contributed by atoms with Crippen LogP contribution in [0.4, 0.5) is 14.5 Å². The molecule has 0 fully saturated rings. The molecule has 188 valence electrons. The van der Waals surface area contributed by atoms with Gasteiger partial charge in [-0.15, -0.1) is 0 Å². The van der Waals surface area contributed by atoms with Gasteiger partial charge in [0, 0.05) is 28.9 Å². The quantitative estimate of drug-likeness (QED) is 0.294. The monoisotopic (exact) mass is 534 g/mol. The average molecular weight is 535 g/mol. The van der Waals surface area contributed by atoms with Gasteiger partial charge in [0.15, 0.2) is 5.82 Å². The van der Waals surface area contributed by atoms with Crippen molar-refractivity contribution in [3.05, 3.63) is 77.6 Å².